The van der Waals surface area contributed by atoms with Gasteiger partial charge in [0.2, 0.25) is 5.91 Å². The Labute approximate surface area is 126 Å². The van der Waals surface area contributed by atoms with Crippen LogP contribution in [0.4, 0.5) is 0 Å². The molecule has 1 aromatic rings. The van der Waals surface area contributed by atoms with Crippen molar-refractivity contribution < 1.29 is 9.90 Å². The molecule has 21 heavy (non-hydrogen) atoms. The summed E-state index contributed by atoms with van der Waals surface area (Å²) in [5.74, 6) is 1.63. The number of nitrogens with zero attached hydrogens (tertiary/aromatic N) is 4. The molecular weight excluding hydrogens is 270 g/mol. The van der Waals surface area contributed by atoms with Gasteiger partial charge < -0.3 is 15.0 Å². The number of hydrogen-bond donors (Lipinski definition) is 2. The lowest BCUT2D eigenvalue weighted by molar-refractivity contribution is -0.123. The fourth-order valence-electron chi connectivity index (χ4n) is 1.67. The molecule has 1 atom stereocenters. The van der Waals surface area contributed by atoms with Crippen LogP contribution >= 0.6 is 0 Å². The number of nitrogens with one attached hydrogen (secondary N) is 1. The second kappa shape index (κ2) is 7.00. The number of aromatic nitrogens is 3. The molecule has 7 heteroatoms. The van der Waals surface area contributed by atoms with Gasteiger partial charge in [-0.1, -0.05) is 13.8 Å². The molecule has 1 aromatic heterocycles. The smallest absolute Gasteiger partial charge is 0.234 e. The van der Waals surface area contributed by atoms with E-state index in [1.807, 2.05) is 44.3 Å². The van der Waals surface area contributed by atoms with Gasteiger partial charge in [0.25, 0.3) is 0 Å². The highest BCUT2D eigenvalue weighted by Gasteiger charge is 2.25. The van der Waals surface area contributed by atoms with Crippen molar-refractivity contribution >= 4 is 5.91 Å². The molecule has 1 rings (SSSR count). The number of rotatable bonds is 7. The minimum absolute atomic E-state index is 0.0807. The summed E-state index contributed by atoms with van der Waals surface area (Å²) in [6.07, 6.45) is 0. The maximum Gasteiger partial charge on any atom is 0.234 e. The molecule has 0 aliphatic rings. The van der Waals surface area contributed by atoms with Gasteiger partial charge in [0.15, 0.2) is 0 Å². The Balaban J connectivity index is 2.43. The van der Waals surface area contributed by atoms with Crippen molar-refractivity contribution in [2.24, 2.45) is 13.0 Å². The molecule has 0 bridgehead atoms. The number of carbonyl (C=O) groups is 1. The maximum atomic E-state index is 11.9. The Morgan fingerprint density at radius 1 is 1.48 bits per heavy atom. The normalized spacial score (nSPS) is 14.5. The van der Waals surface area contributed by atoms with Crippen molar-refractivity contribution in [3.63, 3.8) is 0 Å². The third kappa shape index (κ3) is 5.09. The molecule has 0 fully saturated rings. The summed E-state index contributed by atoms with van der Waals surface area (Å²) >= 11 is 0. The summed E-state index contributed by atoms with van der Waals surface area (Å²) in [6.45, 7) is 8.51. The fourth-order valence-corrected chi connectivity index (χ4v) is 1.67. The zero-order valence-corrected chi connectivity index (χ0v) is 13.8. The second-order valence-corrected chi connectivity index (χ2v) is 6.18. The van der Waals surface area contributed by atoms with Crippen LogP contribution in [0.5, 0.6) is 0 Å². The van der Waals surface area contributed by atoms with Crippen LogP contribution in [0.2, 0.25) is 0 Å². The summed E-state index contributed by atoms with van der Waals surface area (Å²) in [7, 11) is 3.75. The number of hydrogen-bond acceptors (Lipinski definition) is 5. The highest BCUT2D eigenvalue weighted by molar-refractivity contribution is 5.78. The summed E-state index contributed by atoms with van der Waals surface area (Å²) in [6, 6.07) is 0. The molecule has 0 aromatic carbocycles. The highest BCUT2D eigenvalue weighted by Crippen LogP contribution is 2.14. The fraction of sp³-hybridized carbons (Fsp3) is 0.786. The van der Waals surface area contributed by atoms with Crippen molar-refractivity contribution in [3.05, 3.63) is 11.6 Å². The summed E-state index contributed by atoms with van der Waals surface area (Å²) < 4.78 is 1.90. The molecule has 0 aliphatic heterocycles. The van der Waals surface area contributed by atoms with E-state index in [9.17, 15) is 9.90 Å². The molecule has 0 saturated heterocycles. The standard InChI is InChI=1S/C14H27N5O2/c1-10(2)14(4,21)9-15-13(20)8-18(5)7-12-17-16-11(3)19(12)6/h10,21H,7-9H2,1-6H3,(H,15,20). The predicted molar refractivity (Wildman–Crippen MR) is 80.5 cm³/mol. The molecule has 1 unspecified atom stereocenters. The van der Waals surface area contributed by atoms with E-state index in [2.05, 4.69) is 15.5 Å². The minimum atomic E-state index is -0.894. The molecule has 1 amide bonds. The third-order valence-corrected chi connectivity index (χ3v) is 3.89. The number of carbonyl (C=O) groups excluding carboxylic acids is 1. The third-order valence-electron chi connectivity index (χ3n) is 3.89. The van der Waals surface area contributed by atoms with Crippen molar-refractivity contribution in [2.75, 3.05) is 20.1 Å². The minimum Gasteiger partial charge on any atom is -0.388 e. The van der Waals surface area contributed by atoms with Gasteiger partial charge in [-0.05, 0) is 26.8 Å². The summed E-state index contributed by atoms with van der Waals surface area (Å²) in [5.41, 5.74) is -0.894. The number of likely N-dealkylation sites (N-methyl/N-ethyl adjacent to an activating group) is 1. The van der Waals surface area contributed by atoms with Gasteiger partial charge in [-0.2, -0.15) is 0 Å². The monoisotopic (exact) mass is 297 g/mol. The topological polar surface area (TPSA) is 83.3 Å². The largest absolute Gasteiger partial charge is 0.388 e. The SMILES string of the molecule is Cc1nnc(CN(C)CC(=O)NCC(C)(O)C(C)C)n1C. The molecule has 0 spiro atoms. The van der Waals surface area contributed by atoms with E-state index in [1.165, 1.54) is 0 Å². The highest BCUT2D eigenvalue weighted by atomic mass is 16.3. The Morgan fingerprint density at radius 3 is 2.57 bits per heavy atom. The van der Waals surface area contributed by atoms with Crippen molar-refractivity contribution in [2.45, 2.75) is 39.8 Å². The van der Waals surface area contributed by atoms with Crippen LogP contribution in [-0.2, 0) is 18.4 Å². The first-order valence-corrected chi connectivity index (χ1v) is 7.16. The summed E-state index contributed by atoms with van der Waals surface area (Å²) in [5, 5.41) is 20.9. The van der Waals surface area contributed by atoms with Crippen LogP contribution in [0.1, 0.15) is 32.4 Å². The second-order valence-electron chi connectivity index (χ2n) is 6.18. The molecule has 2 N–H and O–H groups in total. The first kappa shape index (κ1) is 17.6. The van der Waals surface area contributed by atoms with Gasteiger partial charge in [-0.3, -0.25) is 9.69 Å². The van der Waals surface area contributed by atoms with E-state index < -0.39 is 5.60 Å². The average molecular weight is 297 g/mol. The van der Waals surface area contributed by atoms with Crippen molar-refractivity contribution in [1.82, 2.24) is 25.0 Å². The molecule has 7 nitrogen and oxygen atoms in total. The molecule has 0 aliphatic carbocycles. The van der Waals surface area contributed by atoms with Crippen LogP contribution in [0.3, 0.4) is 0 Å². The van der Waals surface area contributed by atoms with Gasteiger partial charge in [0, 0.05) is 13.6 Å². The van der Waals surface area contributed by atoms with Gasteiger partial charge >= 0.3 is 0 Å². The molecule has 1 heterocycles. The van der Waals surface area contributed by atoms with Crippen LogP contribution in [0.25, 0.3) is 0 Å². The number of aliphatic hydroxyl groups is 1. The number of amides is 1. The molecule has 0 saturated carbocycles. The maximum absolute atomic E-state index is 11.9. The van der Waals surface area contributed by atoms with E-state index in [-0.39, 0.29) is 24.9 Å². The molecular formula is C14H27N5O2. The number of aryl methyl sites for hydroxylation is 1. The van der Waals surface area contributed by atoms with Crippen LogP contribution in [0.15, 0.2) is 0 Å². The van der Waals surface area contributed by atoms with Gasteiger partial charge in [0.05, 0.1) is 18.7 Å². The average Bonchev–Trinajstić information content (AvgIpc) is 2.68. The first-order chi connectivity index (χ1) is 9.63. The molecule has 0 radical (unpaired) electrons. The van der Waals surface area contributed by atoms with E-state index >= 15 is 0 Å². The lowest BCUT2D eigenvalue weighted by atomic mass is 9.92. The predicted octanol–water partition coefficient (Wildman–Crippen LogP) is 0.0785. The van der Waals surface area contributed by atoms with Gasteiger partial charge in [-0.25, -0.2) is 0 Å². The Hall–Kier alpha value is -1.47. The van der Waals surface area contributed by atoms with Gasteiger partial charge in [0.1, 0.15) is 11.6 Å². The van der Waals surface area contributed by atoms with Crippen LogP contribution in [-0.4, -0.2) is 56.4 Å². The quantitative estimate of drug-likeness (QED) is 0.744. The van der Waals surface area contributed by atoms with E-state index in [0.717, 1.165) is 11.6 Å². The van der Waals surface area contributed by atoms with Crippen LogP contribution in [0, 0.1) is 12.8 Å². The van der Waals surface area contributed by atoms with Crippen molar-refractivity contribution in [3.8, 4) is 0 Å². The zero-order chi connectivity index (χ0) is 16.2. The first-order valence-electron chi connectivity index (χ1n) is 7.16. The zero-order valence-electron chi connectivity index (χ0n) is 13.8. The van der Waals surface area contributed by atoms with Crippen LogP contribution < -0.4 is 5.32 Å². The lowest BCUT2D eigenvalue weighted by Gasteiger charge is -2.28. The molecule has 120 valence electrons. The van der Waals surface area contributed by atoms with E-state index in [0.29, 0.717) is 6.54 Å². The lowest BCUT2D eigenvalue weighted by Crippen LogP contribution is -2.46. The van der Waals surface area contributed by atoms with E-state index in [4.69, 9.17) is 0 Å². The Kier molecular flexibility index (Phi) is 5.86. The Bertz CT molecular complexity index is 482. The Morgan fingerprint density at radius 2 is 2.10 bits per heavy atom. The summed E-state index contributed by atoms with van der Waals surface area (Å²) in [4.78, 5) is 13.8. The van der Waals surface area contributed by atoms with Gasteiger partial charge in [-0.15, -0.1) is 10.2 Å². The van der Waals surface area contributed by atoms with Crippen molar-refractivity contribution in [1.29, 1.82) is 0 Å². The van der Waals surface area contributed by atoms with E-state index in [1.54, 1.807) is 6.92 Å².